The topological polar surface area (TPSA) is 74.3 Å². The fraction of sp³-hybridized carbons (Fsp3) is 0.269. The number of carbonyl (C=O) groups is 2. The monoisotopic (exact) mass is 478 g/mol. The van der Waals surface area contributed by atoms with E-state index in [1.54, 1.807) is 0 Å². The zero-order valence-electron chi connectivity index (χ0n) is 18.9. The molecule has 1 fully saturated rings. The Balaban J connectivity index is 0.00000274. The maximum absolute atomic E-state index is 13.0. The lowest BCUT2D eigenvalue weighted by Gasteiger charge is -2.33. The van der Waals surface area contributed by atoms with Crippen molar-refractivity contribution in [3.05, 3.63) is 82.8 Å². The van der Waals surface area contributed by atoms with E-state index in [0.29, 0.717) is 30.0 Å². The van der Waals surface area contributed by atoms with E-state index in [4.69, 9.17) is 0 Å². The molecule has 1 aromatic heterocycles. The van der Waals surface area contributed by atoms with Gasteiger partial charge in [-0.15, -0.1) is 0 Å². The van der Waals surface area contributed by atoms with Crippen LogP contribution in [0.15, 0.2) is 54.6 Å². The van der Waals surface area contributed by atoms with Gasteiger partial charge in [-0.25, -0.2) is 9.37 Å². The molecule has 1 saturated heterocycles. The van der Waals surface area contributed by atoms with Crippen molar-refractivity contribution in [1.29, 1.82) is 0 Å². The summed E-state index contributed by atoms with van der Waals surface area (Å²) in [4.78, 5) is 31.6. The van der Waals surface area contributed by atoms with Crippen LogP contribution in [-0.4, -0.2) is 29.3 Å². The Morgan fingerprint density at radius 1 is 1.15 bits per heavy atom. The third-order valence-corrected chi connectivity index (χ3v) is 6.38. The number of rotatable bonds is 5. The first-order chi connectivity index (χ1) is 16.0. The van der Waals surface area contributed by atoms with Gasteiger partial charge in [-0.05, 0) is 61.7 Å². The number of halogens is 1. The molecule has 0 aliphatic carbocycles. The van der Waals surface area contributed by atoms with Gasteiger partial charge in [-0.3, -0.25) is 9.59 Å². The Labute approximate surface area is 205 Å². The second kappa shape index (κ2) is 9.85. The average Bonchev–Trinajstić information content (AvgIpc) is 3.31. The summed E-state index contributed by atoms with van der Waals surface area (Å²) in [6, 6.07) is 15.1. The summed E-state index contributed by atoms with van der Waals surface area (Å²) in [6.45, 7) is 3.46. The molecule has 8 heteroatoms. The Hall–Kier alpha value is -3.39. The van der Waals surface area contributed by atoms with Crippen molar-refractivity contribution >= 4 is 42.4 Å². The highest BCUT2D eigenvalue weighted by Gasteiger charge is 2.37. The van der Waals surface area contributed by atoms with Crippen molar-refractivity contribution in [3.8, 4) is 0 Å². The number of aromatic nitrogens is 1. The summed E-state index contributed by atoms with van der Waals surface area (Å²) >= 11 is 0. The van der Waals surface area contributed by atoms with Crippen LogP contribution in [0, 0.1) is 12.7 Å². The lowest BCUT2D eigenvalue weighted by atomic mass is 9.94. The van der Waals surface area contributed by atoms with Crippen LogP contribution in [0.25, 0.3) is 0 Å². The minimum Gasteiger partial charge on any atom is -0.366 e. The lowest BCUT2D eigenvalue weighted by Crippen LogP contribution is -2.41. The fourth-order valence-corrected chi connectivity index (χ4v) is 4.63. The van der Waals surface area contributed by atoms with E-state index in [2.05, 4.69) is 26.6 Å². The normalized spacial score (nSPS) is 16.4. The fourth-order valence-electron chi connectivity index (χ4n) is 4.63. The number of aryl methyl sites for hydroxylation is 1. The number of pyridine rings is 1. The van der Waals surface area contributed by atoms with Crippen LogP contribution in [0.5, 0.6) is 0 Å². The third kappa shape index (κ3) is 4.77. The smallest absolute Gasteiger partial charge is 0.255 e. The van der Waals surface area contributed by atoms with Crippen LogP contribution in [0.2, 0.25) is 0 Å². The molecule has 3 heterocycles. The summed E-state index contributed by atoms with van der Waals surface area (Å²) in [7, 11) is 0. The minimum atomic E-state index is -0.374. The molecule has 3 aromatic rings. The molecular formula is C26H27FN4O2S. The highest BCUT2D eigenvalue weighted by Crippen LogP contribution is 2.37. The van der Waals surface area contributed by atoms with E-state index in [1.165, 1.54) is 24.3 Å². The second-order valence-corrected chi connectivity index (χ2v) is 8.60. The molecule has 2 N–H and O–H groups in total. The molecule has 6 nitrogen and oxygen atoms in total. The van der Waals surface area contributed by atoms with Gasteiger partial charge in [0.2, 0.25) is 0 Å². The van der Waals surface area contributed by atoms with E-state index >= 15 is 0 Å². The first-order valence-corrected chi connectivity index (χ1v) is 11.2. The molecular weight excluding hydrogens is 451 g/mol. The van der Waals surface area contributed by atoms with E-state index in [9.17, 15) is 14.0 Å². The Morgan fingerprint density at radius 2 is 1.88 bits per heavy atom. The van der Waals surface area contributed by atoms with Gasteiger partial charge in [0, 0.05) is 53.8 Å². The van der Waals surface area contributed by atoms with E-state index in [-0.39, 0.29) is 31.3 Å². The summed E-state index contributed by atoms with van der Waals surface area (Å²) in [6.07, 6.45) is 2.46. The summed E-state index contributed by atoms with van der Waals surface area (Å²) in [5.74, 6) is 0.436. The quantitative estimate of drug-likeness (QED) is 0.561. The number of Topliss-reactive ketones (excluding diaryl/α,β-unsaturated/α-hetero) is 1. The van der Waals surface area contributed by atoms with Crippen molar-refractivity contribution in [2.24, 2.45) is 0 Å². The van der Waals surface area contributed by atoms with Crippen LogP contribution in [-0.2, 0) is 17.8 Å². The van der Waals surface area contributed by atoms with Crippen molar-refractivity contribution in [3.63, 3.8) is 0 Å². The second-order valence-electron chi connectivity index (χ2n) is 8.60. The largest absolute Gasteiger partial charge is 0.366 e. The Bertz CT molecular complexity index is 1210. The van der Waals surface area contributed by atoms with E-state index in [1.807, 2.05) is 31.2 Å². The van der Waals surface area contributed by atoms with Crippen LogP contribution < -0.4 is 15.5 Å². The van der Waals surface area contributed by atoms with Crippen molar-refractivity contribution in [2.45, 2.75) is 38.8 Å². The van der Waals surface area contributed by atoms with E-state index < -0.39 is 0 Å². The molecule has 0 spiro atoms. The maximum atomic E-state index is 13.0. The highest BCUT2D eigenvalue weighted by atomic mass is 32.1. The van der Waals surface area contributed by atoms with Gasteiger partial charge in [0.25, 0.3) is 5.91 Å². The van der Waals surface area contributed by atoms with Gasteiger partial charge in [0.1, 0.15) is 11.6 Å². The number of amides is 1. The number of fused-ring (bicyclic) bond motifs is 3. The van der Waals surface area contributed by atoms with Crippen molar-refractivity contribution in [2.75, 3.05) is 22.1 Å². The molecule has 176 valence electrons. The van der Waals surface area contributed by atoms with Crippen molar-refractivity contribution in [1.82, 2.24) is 4.98 Å². The summed E-state index contributed by atoms with van der Waals surface area (Å²) in [5.41, 5.74) is 5.18. The predicted molar refractivity (Wildman–Crippen MR) is 137 cm³/mol. The van der Waals surface area contributed by atoms with Crippen LogP contribution in [0.3, 0.4) is 0 Å². The minimum absolute atomic E-state index is 0. The molecule has 1 atom stereocenters. The van der Waals surface area contributed by atoms with Gasteiger partial charge in [0.15, 0.2) is 5.78 Å². The predicted octanol–water partition coefficient (Wildman–Crippen LogP) is 4.60. The summed E-state index contributed by atoms with van der Waals surface area (Å²) < 4.78 is 13.0. The van der Waals surface area contributed by atoms with Crippen molar-refractivity contribution < 1.29 is 14.0 Å². The van der Waals surface area contributed by atoms with Gasteiger partial charge in [-0.1, -0.05) is 12.1 Å². The third-order valence-electron chi connectivity index (χ3n) is 6.38. The Morgan fingerprint density at radius 3 is 2.62 bits per heavy atom. The number of nitrogens with one attached hydrogen (secondary N) is 2. The molecule has 2 aliphatic heterocycles. The molecule has 0 unspecified atom stereocenters. The number of carbonyl (C=O) groups excluding carboxylic acids is 2. The lowest BCUT2D eigenvalue weighted by molar-refractivity contribution is -0.119. The van der Waals surface area contributed by atoms with Gasteiger partial charge < -0.3 is 15.5 Å². The van der Waals surface area contributed by atoms with E-state index in [0.717, 1.165) is 47.7 Å². The van der Waals surface area contributed by atoms with Crippen LogP contribution in [0.4, 0.5) is 21.6 Å². The number of benzene rings is 2. The average molecular weight is 479 g/mol. The molecule has 5 rings (SSSR count). The first kappa shape index (κ1) is 23.8. The van der Waals surface area contributed by atoms with Gasteiger partial charge in [-0.2, -0.15) is 13.5 Å². The molecule has 1 amide bonds. The first-order valence-electron chi connectivity index (χ1n) is 11.2. The standard InChI is InChI=1S/C26H25FN4O2.H2S/c1-16-21-13-24(32)22-3-2-12-31(22)23(21)14-25(29-16)28-15-17-4-10-20(11-5-17)30-26(33)18-6-8-19(27)9-7-18;/h4-11,14,22H,2-3,12-13,15H2,1H3,(H,28,29)(H,30,33);1H2/t22-;/m0./s1. The summed E-state index contributed by atoms with van der Waals surface area (Å²) in [5, 5.41) is 6.21. The number of hydrogen-bond acceptors (Lipinski definition) is 5. The molecule has 0 bridgehead atoms. The zero-order chi connectivity index (χ0) is 22.9. The van der Waals surface area contributed by atoms with Crippen LogP contribution >= 0.6 is 13.5 Å². The van der Waals surface area contributed by atoms with Gasteiger partial charge >= 0.3 is 0 Å². The molecule has 2 aromatic carbocycles. The number of anilines is 3. The van der Waals surface area contributed by atoms with Gasteiger partial charge in [0.05, 0.1) is 6.04 Å². The van der Waals surface area contributed by atoms with Crippen LogP contribution in [0.1, 0.15) is 40.0 Å². The maximum Gasteiger partial charge on any atom is 0.255 e. The molecule has 2 aliphatic rings. The molecule has 0 saturated carbocycles. The zero-order valence-corrected chi connectivity index (χ0v) is 19.9. The number of hydrogen-bond donors (Lipinski definition) is 2. The Kier molecular flexibility index (Phi) is 6.88. The molecule has 34 heavy (non-hydrogen) atoms. The SMILES string of the molecule is Cc1nc(NCc2ccc(NC(=O)c3ccc(F)cc3)cc2)cc2c1CC(=O)[C@@H]1CCCN21.S. The number of ketones is 1. The molecule has 0 radical (unpaired) electrons. The highest BCUT2D eigenvalue weighted by molar-refractivity contribution is 7.59. The number of nitrogens with zero attached hydrogens (tertiary/aromatic N) is 2.